The number of thioether (sulfide) groups is 1. The first kappa shape index (κ1) is 26.7. The number of hydrogen-bond donors (Lipinski definition) is 2. The number of carbonyl (C=O) groups excluding carboxylic acids is 1. The van der Waals surface area contributed by atoms with Gasteiger partial charge in [-0.05, 0) is 61.0 Å². The van der Waals surface area contributed by atoms with Crippen molar-refractivity contribution in [1.82, 2.24) is 20.2 Å². The summed E-state index contributed by atoms with van der Waals surface area (Å²) in [6.07, 6.45) is 1.59. The average Bonchev–Trinajstić information content (AvgIpc) is 3.40. The maximum absolute atomic E-state index is 12.9. The molecule has 0 saturated heterocycles. The van der Waals surface area contributed by atoms with E-state index in [0.717, 1.165) is 28.5 Å². The van der Waals surface area contributed by atoms with E-state index in [-0.39, 0.29) is 5.91 Å². The van der Waals surface area contributed by atoms with E-state index in [1.807, 2.05) is 127 Å². The number of hydrogen-bond acceptors (Lipinski definition) is 7. The summed E-state index contributed by atoms with van der Waals surface area (Å²) < 4.78 is 7.84. The Bertz CT molecular complexity index is 1560. The van der Waals surface area contributed by atoms with E-state index in [2.05, 4.69) is 26.0 Å². The topological polar surface area (TPSA) is 93.4 Å². The standard InChI is InChI=1S/C31H28N6O2S/c1-23(30(38)35-33-21-24-12-11-19-28(20-24)39-27-17-9-4-10-18-27)40-31-36-34-29(22-32-25-13-5-2-6-14-25)37(31)26-15-7-3-8-16-26/h2-21,23,32H,22H2,1H3,(H,35,38)/b33-21+. The fraction of sp³-hybridized carbons (Fsp3) is 0.0968. The van der Waals surface area contributed by atoms with Crippen molar-refractivity contribution in [2.24, 2.45) is 5.10 Å². The number of ether oxygens (including phenoxy) is 1. The predicted octanol–water partition coefficient (Wildman–Crippen LogP) is 6.30. The summed E-state index contributed by atoms with van der Waals surface area (Å²) in [6.45, 7) is 2.29. The van der Waals surface area contributed by atoms with Gasteiger partial charge in [-0.1, -0.05) is 78.5 Å². The first-order valence-corrected chi connectivity index (χ1v) is 13.6. The van der Waals surface area contributed by atoms with Crippen LogP contribution in [-0.4, -0.2) is 32.1 Å². The molecule has 0 aliphatic heterocycles. The van der Waals surface area contributed by atoms with Crippen molar-refractivity contribution in [1.29, 1.82) is 0 Å². The van der Waals surface area contributed by atoms with Gasteiger partial charge < -0.3 is 10.1 Å². The van der Waals surface area contributed by atoms with E-state index >= 15 is 0 Å². The molecule has 1 aromatic heterocycles. The molecular formula is C31H28N6O2S. The summed E-state index contributed by atoms with van der Waals surface area (Å²) in [6, 6.07) is 36.8. The molecule has 0 bridgehead atoms. The molecule has 9 heteroatoms. The third-order valence-electron chi connectivity index (χ3n) is 5.82. The number of para-hydroxylation sites is 3. The predicted molar refractivity (Wildman–Crippen MR) is 159 cm³/mol. The van der Waals surface area contributed by atoms with E-state index in [1.54, 1.807) is 6.21 Å². The molecule has 2 N–H and O–H groups in total. The Labute approximate surface area is 237 Å². The van der Waals surface area contributed by atoms with Gasteiger partial charge in [-0.3, -0.25) is 9.36 Å². The van der Waals surface area contributed by atoms with E-state index < -0.39 is 5.25 Å². The smallest absolute Gasteiger partial charge is 0.253 e. The minimum absolute atomic E-state index is 0.246. The van der Waals surface area contributed by atoms with Gasteiger partial charge in [-0.15, -0.1) is 10.2 Å². The van der Waals surface area contributed by atoms with Crippen LogP contribution in [0.3, 0.4) is 0 Å². The molecular weight excluding hydrogens is 520 g/mol. The fourth-order valence-corrected chi connectivity index (χ4v) is 4.70. The van der Waals surface area contributed by atoms with Crippen molar-refractivity contribution in [3.63, 3.8) is 0 Å². The van der Waals surface area contributed by atoms with Gasteiger partial charge in [-0.25, -0.2) is 5.43 Å². The van der Waals surface area contributed by atoms with Gasteiger partial charge in [0, 0.05) is 11.4 Å². The molecule has 1 unspecified atom stereocenters. The molecule has 0 fully saturated rings. The number of nitrogens with one attached hydrogen (secondary N) is 2. The van der Waals surface area contributed by atoms with Crippen molar-refractivity contribution in [3.8, 4) is 17.2 Å². The lowest BCUT2D eigenvalue weighted by Gasteiger charge is -2.13. The summed E-state index contributed by atoms with van der Waals surface area (Å²) >= 11 is 1.32. The van der Waals surface area contributed by atoms with Crippen LogP contribution in [0.4, 0.5) is 5.69 Å². The van der Waals surface area contributed by atoms with Gasteiger partial charge in [-0.2, -0.15) is 5.10 Å². The fourth-order valence-electron chi connectivity index (χ4n) is 3.82. The van der Waals surface area contributed by atoms with Crippen molar-refractivity contribution >= 4 is 29.6 Å². The number of nitrogens with zero attached hydrogens (tertiary/aromatic N) is 4. The summed E-state index contributed by atoms with van der Waals surface area (Å²) in [5.41, 5.74) is 5.34. The van der Waals surface area contributed by atoms with Crippen LogP contribution >= 0.6 is 11.8 Å². The zero-order valence-electron chi connectivity index (χ0n) is 21.8. The molecule has 5 aromatic rings. The number of benzene rings is 4. The lowest BCUT2D eigenvalue weighted by Crippen LogP contribution is -2.27. The summed E-state index contributed by atoms with van der Waals surface area (Å²) in [5.74, 6) is 1.92. The highest BCUT2D eigenvalue weighted by Crippen LogP contribution is 2.26. The van der Waals surface area contributed by atoms with Gasteiger partial charge in [0.05, 0.1) is 18.0 Å². The molecule has 0 aliphatic rings. The number of carbonyl (C=O) groups is 1. The molecule has 0 aliphatic carbocycles. The second-order valence-electron chi connectivity index (χ2n) is 8.77. The van der Waals surface area contributed by atoms with Gasteiger partial charge in [0.2, 0.25) is 0 Å². The van der Waals surface area contributed by atoms with Crippen LogP contribution in [0.2, 0.25) is 0 Å². The van der Waals surface area contributed by atoms with Gasteiger partial charge >= 0.3 is 0 Å². The minimum Gasteiger partial charge on any atom is -0.457 e. The second kappa shape index (κ2) is 13.3. The highest BCUT2D eigenvalue weighted by Gasteiger charge is 2.21. The van der Waals surface area contributed by atoms with Crippen LogP contribution in [-0.2, 0) is 11.3 Å². The van der Waals surface area contributed by atoms with Gasteiger partial charge in [0.15, 0.2) is 11.0 Å². The van der Waals surface area contributed by atoms with Crippen LogP contribution in [0.5, 0.6) is 11.5 Å². The largest absolute Gasteiger partial charge is 0.457 e. The second-order valence-corrected chi connectivity index (χ2v) is 10.1. The normalized spacial score (nSPS) is 11.7. The van der Waals surface area contributed by atoms with Crippen LogP contribution in [0.1, 0.15) is 18.3 Å². The third-order valence-corrected chi connectivity index (χ3v) is 6.86. The maximum Gasteiger partial charge on any atom is 0.253 e. The molecule has 1 atom stereocenters. The zero-order valence-corrected chi connectivity index (χ0v) is 22.7. The Morgan fingerprint density at radius 3 is 2.33 bits per heavy atom. The van der Waals surface area contributed by atoms with Crippen molar-refractivity contribution in [3.05, 3.63) is 127 Å². The van der Waals surface area contributed by atoms with Crippen LogP contribution in [0.15, 0.2) is 126 Å². The van der Waals surface area contributed by atoms with E-state index in [0.29, 0.717) is 17.5 Å². The Hall–Kier alpha value is -4.89. The first-order chi connectivity index (χ1) is 19.7. The molecule has 0 saturated carbocycles. The molecule has 200 valence electrons. The monoisotopic (exact) mass is 548 g/mol. The van der Waals surface area contributed by atoms with Crippen molar-refractivity contribution < 1.29 is 9.53 Å². The summed E-state index contributed by atoms with van der Waals surface area (Å²) in [7, 11) is 0. The summed E-state index contributed by atoms with van der Waals surface area (Å²) in [5, 5.41) is 16.5. The van der Waals surface area contributed by atoms with E-state index in [4.69, 9.17) is 4.74 Å². The molecule has 40 heavy (non-hydrogen) atoms. The Morgan fingerprint density at radius 1 is 0.900 bits per heavy atom. The highest BCUT2D eigenvalue weighted by molar-refractivity contribution is 8.00. The van der Waals surface area contributed by atoms with Gasteiger partial charge in [0.1, 0.15) is 11.5 Å². The Balaban J connectivity index is 1.23. The number of hydrazone groups is 1. The summed E-state index contributed by atoms with van der Waals surface area (Å²) in [4.78, 5) is 12.9. The number of anilines is 1. The molecule has 1 heterocycles. The lowest BCUT2D eigenvalue weighted by atomic mass is 10.2. The molecule has 0 radical (unpaired) electrons. The van der Waals surface area contributed by atoms with Crippen molar-refractivity contribution in [2.45, 2.75) is 23.9 Å². The molecule has 4 aromatic carbocycles. The van der Waals surface area contributed by atoms with Crippen LogP contribution in [0, 0.1) is 0 Å². The van der Waals surface area contributed by atoms with Crippen LogP contribution in [0.25, 0.3) is 5.69 Å². The minimum atomic E-state index is -0.466. The Kier molecular flexibility index (Phi) is 8.85. The average molecular weight is 549 g/mol. The molecule has 0 spiro atoms. The third kappa shape index (κ3) is 7.15. The van der Waals surface area contributed by atoms with Gasteiger partial charge in [0.25, 0.3) is 5.91 Å². The molecule has 1 amide bonds. The lowest BCUT2D eigenvalue weighted by molar-refractivity contribution is -0.120. The molecule has 8 nitrogen and oxygen atoms in total. The van der Waals surface area contributed by atoms with E-state index in [1.165, 1.54) is 11.8 Å². The number of amides is 1. The molecule has 5 rings (SSSR count). The van der Waals surface area contributed by atoms with Crippen molar-refractivity contribution in [2.75, 3.05) is 5.32 Å². The zero-order chi connectivity index (χ0) is 27.6. The maximum atomic E-state index is 12.9. The Morgan fingerprint density at radius 2 is 1.57 bits per heavy atom. The van der Waals surface area contributed by atoms with Crippen LogP contribution < -0.4 is 15.5 Å². The quantitative estimate of drug-likeness (QED) is 0.114. The number of aromatic nitrogens is 3. The first-order valence-electron chi connectivity index (χ1n) is 12.8. The highest BCUT2D eigenvalue weighted by atomic mass is 32.2. The number of rotatable bonds is 11. The SMILES string of the molecule is CC(Sc1nnc(CNc2ccccc2)n1-c1ccccc1)C(=O)N/N=C/c1cccc(Oc2ccccc2)c1. The van der Waals surface area contributed by atoms with E-state index in [9.17, 15) is 4.79 Å².